The van der Waals surface area contributed by atoms with E-state index in [1.165, 1.54) is 6.07 Å². The highest BCUT2D eigenvalue weighted by Gasteiger charge is 2.55. The zero-order valence-electron chi connectivity index (χ0n) is 13.4. The summed E-state index contributed by atoms with van der Waals surface area (Å²) in [6.45, 7) is 7.78. The van der Waals surface area contributed by atoms with Crippen molar-refractivity contribution in [1.82, 2.24) is 0 Å². The van der Waals surface area contributed by atoms with Crippen molar-refractivity contribution in [2.45, 2.75) is 77.5 Å². The molecule has 1 aromatic heterocycles. The molecule has 124 valence electrons. The Kier molecular flexibility index (Phi) is 4.29. The van der Waals surface area contributed by atoms with Crippen molar-refractivity contribution in [2.24, 2.45) is 0 Å². The number of rotatable bonds is 5. The predicted molar refractivity (Wildman–Crippen MR) is 75.6 cm³/mol. The number of halogens is 1. The first-order valence-corrected chi connectivity index (χ1v) is 7.77. The molecule has 0 amide bonds. The van der Waals surface area contributed by atoms with Gasteiger partial charge in [-0.3, -0.25) is 0 Å². The molecule has 0 spiro atoms. The van der Waals surface area contributed by atoms with Gasteiger partial charge >= 0.3 is 0 Å². The van der Waals surface area contributed by atoms with Crippen molar-refractivity contribution in [3.63, 3.8) is 0 Å². The first-order chi connectivity index (χ1) is 10.4. The average molecular weight is 314 g/mol. The fourth-order valence-electron chi connectivity index (χ4n) is 3.06. The Morgan fingerprint density at radius 3 is 2.73 bits per heavy atom. The van der Waals surface area contributed by atoms with E-state index in [9.17, 15) is 4.39 Å². The monoisotopic (exact) mass is 314 g/mol. The van der Waals surface area contributed by atoms with Crippen LogP contribution in [0.2, 0.25) is 0 Å². The van der Waals surface area contributed by atoms with Crippen LogP contribution in [0.4, 0.5) is 4.39 Å². The third-order valence-corrected chi connectivity index (χ3v) is 4.06. The zero-order chi connectivity index (χ0) is 15.9. The zero-order valence-corrected chi connectivity index (χ0v) is 13.4. The van der Waals surface area contributed by atoms with Gasteiger partial charge in [0.2, 0.25) is 0 Å². The smallest absolute Gasteiger partial charge is 0.278 e. The Balaban J connectivity index is 1.69. The van der Waals surface area contributed by atoms with Gasteiger partial charge in [0.25, 0.3) is 6.01 Å². The van der Waals surface area contributed by atoms with Crippen LogP contribution >= 0.6 is 0 Å². The quantitative estimate of drug-likeness (QED) is 0.834. The van der Waals surface area contributed by atoms with Crippen LogP contribution in [0.1, 0.15) is 44.9 Å². The summed E-state index contributed by atoms with van der Waals surface area (Å²) in [5.41, 5.74) is 0.740. The van der Waals surface area contributed by atoms with E-state index in [1.54, 1.807) is 6.92 Å². The van der Waals surface area contributed by atoms with Crippen molar-refractivity contribution in [3.8, 4) is 0 Å². The lowest BCUT2D eigenvalue weighted by atomic mass is 10.1. The minimum atomic E-state index is -0.680. The fourth-order valence-corrected chi connectivity index (χ4v) is 3.06. The Morgan fingerprint density at radius 1 is 1.32 bits per heavy atom. The second-order valence-corrected chi connectivity index (χ2v) is 6.36. The fraction of sp³-hybridized carbons (Fsp3) is 0.750. The van der Waals surface area contributed by atoms with E-state index in [1.807, 2.05) is 13.8 Å². The highest BCUT2D eigenvalue weighted by Crippen LogP contribution is 2.40. The van der Waals surface area contributed by atoms with Crippen LogP contribution in [-0.2, 0) is 25.6 Å². The molecule has 3 rings (SSSR count). The molecule has 0 radical (unpaired) electrons. The Hall–Kier alpha value is -0.950. The second kappa shape index (κ2) is 5.92. The molecule has 6 heteroatoms. The van der Waals surface area contributed by atoms with Crippen LogP contribution in [0.3, 0.4) is 0 Å². The summed E-state index contributed by atoms with van der Waals surface area (Å²) < 4.78 is 41.7. The number of fused-ring (bicyclic) bond motifs is 1. The lowest BCUT2D eigenvalue weighted by Gasteiger charge is -2.25. The summed E-state index contributed by atoms with van der Waals surface area (Å²) in [4.78, 5) is 0. The van der Waals surface area contributed by atoms with Crippen molar-refractivity contribution < 1.29 is 27.8 Å². The third kappa shape index (κ3) is 3.06. The standard InChI is InChI=1S/C16H23FO5/c1-5-6-10-13(14-15(20-10)22-16(3,4)21-14)18-8-11-9(2)7-12(17)19-11/h7,10,13-15H,5-6,8H2,1-4H3/t10-,13+,14-,15-/m1/s1. The Bertz CT molecular complexity index is 527. The predicted octanol–water partition coefficient (Wildman–Crippen LogP) is 3.29. The number of aryl methyl sites for hydroxylation is 1. The molecular weight excluding hydrogens is 291 g/mol. The number of ether oxygens (including phenoxy) is 4. The molecule has 0 saturated carbocycles. The van der Waals surface area contributed by atoms with Gasteiger partial charge in [0.1, 0.15) is 24.6 Å². The summed E-state index contributed by atoms with van der Waals surface area (Å²) >= 11 is 0. The molecule has 22 heavy (non-hydrogen) atoms. The molecule has 0 bridgehead atoms. The van der Waals surface area contributed by atoms with Crippen LogP contribution in [0.5, 0.6) is 0 Å². The van der Waals surface area contributed by atoms with Gasteiger partial charge in [-0.1, -0.05) is 13.3 Å². The maximum Gasteiger partial charge on any atom is 0.278 e. The third-order valence-electron chi connectivity index (χ3n) is 4.06. The number of furan rings is 1. The molecule has 3 heterocycles. The second-order valence-electron chi connectivity index (χ2n) is 6.36. The van der Waals surface area contributed by atoms with Gasteiger partial charge in [-0.05, 0) is 32.8 Å². The number of hydrogen-bond acceptors (Lipinski definition) is 5. The van der Waals surface area contributed by atoms with E-state index < -0.39 is 18.1 Å². The molecule has 2 fully saturated rings. The van der Waals surface area contributed by atoms with Gasteiger partial charge in [-0.25, -0.2) is 0 Å². The molecule has 0 N–H and O–H groups in total. The minimum Gasteiger partial charge on any atom is -0.433 e. The van der Waals surface area contributed by atoms with Crippen LogP contribution in [0, 0.1) is 12.9 Å². The summed E-state index contributed by atoms with van der Waals surface area (Å²) in [5.74, 6) is -0.185. The molecule has 2 aliphatic rings. The minimum absolute atomic E-state index is 0.0868. The van der Waals surface area contributed by atoms with Gasteiger partial charge < -0.3 is 23.4 Å². The highest BCUT2D eigenvalue weighted by atomic mass is 19.1. The SMILES string of the molecule is CCC[C@H]1O[C@@H]2OC(C)(C)O[C@@H]2[C@H]1OCc1oc(F)cc1C. The number of hydrogen-bond donors (Lipinski definition) is 0. The summed E-state index contributed by atoms with van der Waals surface area (Å²) in [6.07, 6.45) is 0.811. The van der Waals surface area contributed by atoms with Gasteiger partial charge in [0, 0.05) is 6.07 Å². The molecule has 2 saturated heterocycles. The largest absolute Gasteiger partial charge is 0.433 e. The van der Waals surface area contributed by atoms with Crippen molar-refractivity contribution in [1.29, 1.82) is 0 Å². The highest BCUT2D eigenvalue weighted by molar-refractivity contribution is 5.14. The van der Waals surface area contributed by atoms with E-state index in [0.29, 0.717) is 5.76 Å². The van der Waals surface area contributed by atoms with Crippen molar-refractivity contribution >= 4 is 0 Å². The molecule has 0 aliphatic carbocycles. The normalized spacial score (nSPS) is 33.3. The van der Waals surface area contributed by atoms with Gasteiger partial charge in [0.15, 0.2) is 12.1 Å². The first kappa shape index (κ1) is 15.9. The molecule has 1 aromatic rings. The first-order valence-electron chi connectivity index (χ1n) is 7.77. The lowest BCUT2D eigenvalue weighted by Crippen LogP contribution is -2.36. The van der Waals surface area contributed by atoms with E-state index >= 15 is 0 Å². The lowest BCUT2D eigenvalue weighted by molar-refractivity contribution is -0.220. The molecule has 0 aromatic carbocycles. The van der Waals surface area contributed by atoms with Crippen LogP contribution in [0.25, 0.3) is 0 Å². The molecule has 5 nitrogen and oxygen atoms in total. The van der Waals surface area contributed by atoms with E-state index in [0.717, 1.165) is 18.4 Å². The summed E-state index contributed by atoms with van der Waals surface area (Å²) in [6, 6.07) is 0.761. The van der Waals surface area contributed by atoms with Gasteiger partial charge in [0.05, 0.1) is 6.10 Å². The van der Waals surface area contributed by atoms with E-state index in [4.69, 9.17) is 23.4 Å². The topological polar surface area (TPSA) is 50.1 Å². The molecule has 4 atom stereocenters. The van der Waals surface area contributed by atoms with E-state index in [2.05, 4.69) is 6.92 Å². The molecular formula is C16H23FO5. The van der Waals surface area contributed by atoms with Gasteiger partial charge in [-0.15, -0.1) is 0 Å². The van der Waals surface area contributed by atoms with Crippen molar-refractivity contribution in [3.05, 3.63) is 23.4 Å². The van der Waals surface area contributed by atoms with Crippen LogP contribution in [0.15, 0.2) is 10.5 Å². The maximum atomic E-state index is 13.1. The maximum absolute atomic E-state index is 13.1. The Labute approximate surface area is 129 Å². The van der Waals surface area contributed by atoms with E-state index in [-0.39, 0.29) is 24.9 Å². The van der Waals surface area contributed by atoms with Crippen LogP contribution < -0.4 is 0 Å². The molecule has 0 unspecified atom stereocenters. The summed E-state index contributed by atoms with van der Waals surface area (Å²) in [5, 5.41) is 0. The van der Waals surface area contributed by atoms with Crippen molar-refractivity contribution in [2.75, 3.05) is 0 Å². The van der Waals surface area contributed by atoms with Gasteiger partial charge in [-0.2, -0.15) is 4.39 Å². The Morgan fingerprint density at radius 2 is 2.09 bits per heavy atom. The van der Waals surface area contributed by atoms with Crippen LogP contribution in [-0.4, -0.2) is 30.4 Å². The summed E-state index contributed by atoms with van der Waals surface area (Å²) in [7, 11) is 0. The average Bonchev–Trinajstić information content (AvgIpc) is 2.98. The molecule has 2 aliphatic heterocycles.